The SMILES string of the molecule is Cc1cc(C)c(C=O)cc1C#N. The normalized spacial score (nSPS) is 9.08. The number of hydrogen-bond acceptors (Lipinski definition) is 2. The van der Waals surface area contributed by atoms with Crippen LogP contribution >= 0.6 is 0 Å². The minimum atomic E-state index is 0.572. The van der Waals surface area contributed by atoms with Gasteiger partial charge in [0.15, 0.2) is 0 Å². The van der Waals surface area contributed by atoms with E-state index < -0.39 is 0 Å². The molecule has 2 heteroatoms. The molecule has 0 aromatic heterocycles. The van der Waals surface area contributed by atoms with Crippen LogP contribution in [-0.4, -0.2) is 6.29 Å². The van der Waals surface area contributed by atoms with E-state index in [0.29, 0.717) is 11.1 Å². The maximum Gasteiger partial charge on any atom is 0.150 e. The van der Waals surface area contributed by atoms with Crippen LogP contribution in [0.2, 0.25) is 0 Å². The van der Waals surface area contributed by atoms with Crippen LogP contribution in [0.15, 0.2) is 12.1 Å². The highest BCUT2D eigenvalue weighted by atomic mass is 16.1. The largest absolute Gasteiger partial charge is 0.298 e. The summed E-state index contributed by atoms with van der Waals surface area (Å²) in [5, 5.41) is 8.66. The van der Waals surface area contributed by atoms with E-state index in [1.54, 1.807) is 6.07 Å². The molecule has 0 heterocycles. The zero-order valence-electron chi connectivity index (χ0n) is 7.09. The monoisotopic (exact) mass is 159 g/mol. The van der Waals surface area contributed by atoms with Gasteiger partial charge in [-0.3, -0.25) is 4.79 Å². The molecule has 1 aromatic rings. The van der Waals surface area contributed by atoms with E-state index in [1.807, 2.05) is 26.0 Å². The molecule has 0 amide bonds. The summed E-state index contributed by atoms with van der Waals surface area (Å²) in [6, 6.07) is 5.51. The topological polar surface area (TPSA) is 40.9 Å². The number of benzene rings is 1. The molecule has 0 atom stereocenters. The van der Waals surface area contributed by atoms with E-state index in [2.05, 4.69) is 0 Å². The lowest BCUT2D eigenvalue weighted by Crippen LogP contribution is -1.91. The van der Waals surface area contributed by atoms with Gasteiger partial charge in [-0.1, -0.05) is 6.07 Å². The molecule has 0 unspecified atom stereocenters. The van der Waals surface area contributed by atoms with E-state index in [1.165, 1.54) is 0 Å². The second-order valence-corrected chi connectivity index (χ2v) is 2.75. The molecule has 0 fully saturated rings. The number of hydrogen-bond donors (Lipinski definition) is 0. The Morgan fingerprint density at radius 3 is 2.50 bits per heavy atom. The number of carbonyl (C=O) groups excluding carboxylic acids is 1. The van der Waals surface area contributed by atoms with Gasteiger partial charge in [0, 0.05) is 5.56 Å². The van der Waals surface area contributed by atoms with Gasteiger partial charge in [0.25, 0.3) is 0 Å². The molecule has 12 heavy (non-hydrogen) atoms. The summed E-state index contributed by atoms with van der Waals surface area (Å²) in [6.07, 6.45) is 0.773. The number of carbonyl (C=O) groups is 1. The van der Waals surface area contributed by atoms with Crippen LogP contribution in [0.4, 0.5) is 0 Å². The molecular weight excluding hydrogens is 150 g/mol. The Balaban J connectivity index is 3.39. The molecule has 0 radical (unpaired) electrons. The molecule has 0 N–H and O–H groups in total. The number of nitriles is 1. The van der Waals surface area contributed by atoms with Gasteiger partial charge in [-0.25, -0.2) is 0 Å². The number of aryl methyl sites for hydroxylation is 2. The first kappa shape index (κ1) is 8.48. The van der Waals surface area contributed by atoms with Gasteiger partial charge in [0.05, 0.1) is 11.6 Å². The fourth-order valence-electron chi connectivity index (χ4n) is 1.12. The van der Waals surface area contributed by atoms with E-state index in [0.717, 1.165) is 17.4 Å². The maximum atomic E-state index is 10.5. The van der Waals surface area contributed by atoms with Crippen molar-refractivity contribution in [3.8, 4) is 6.07 Å². The fraction of sp³-hybridized carbons (Fsp3) is 0.200. The second kappa shape index (κ2) is 3.19. The first-order valence-corrected chi connectivity index (χ1v) is 3.65. The minimum absolute atomic E-state index is 0.572. The summed E-state index contributed by atoms with van der Waals surface area (Å²) in [5.74, 6) is 0. The van der Waals surface area contributed by atoms with Crippen molar-refractivity contribution >= 4 is 6.29 Å². The number of nitrogens with zero attached hydrogens (tertiary/aromatic N) is 1. The highest BCUT2D eigenvalue weighted by molar-refractivity contribution is 5.78. The van der Waals surface area contributed by atoms with Gasteiger partial charge in [0.1, 0.15) is 6.29 Å². The molecule has 0 saturated carbocycles. The van der Waals surface area contributed by atoms with Gasteiger partial charge >= 0.3 is 0 Å². The molecule has 0 aliphatic carbocycles. The Kier molecular flexibility index (Phi) is 2.25. The standard InChI is InChI=1S/C10H9NO/c1-7-3-8(2)10(6-12)4-9(7)5-11/h3-4,6H,1-2H3. The Labute approximate surface area is 71.4 Å². The fourth-order valence-corrected chi connectivity index (χ4v) is 1.12. The molecular formula is C10H9NO. The first-order chi connectivity index (χ1) is 5.69. The van der Waals surface area contributed by atoms with Crippen molar-refractivity contribution in [1.82, 2.24) is 0 Å². The van der Waals surface area contributed by atoms with Gasteiger partial charge < -0.3 is 0 Å². The third-order valence-electron chi connectivity index (χ3n) is 1.86. The van der Waals surface area contributed by atoms with Crippen molar-refractivity contribution in [3.63, 3.8) is 0 Å². The second-order valence-electron chi connectivity index (χ2n) is 2.75. The Hall–Kier alpha value is -1.62. The van der Waals surface area contributed by atoms with Crippen LogP contribution in [0.1, 0.15) is 27.0 Å². The third-order valence-corrected chi connectivity index (χ3v) is 1.86. The van der Waals surface area contributed by atoms with Crippen molar-refractivity contribution < 1.29 is 4.79 Å². The molecule has 2 nitrogen and oxygen atoms in total. The lowest BCUT2D eigenvalue weighted by atomic mass is 10.0. The smallest absolute Gasteiger partial charge is 0.150 e. The van der Waals surface area contributed by atoms with Crippen LogP contribution in [0, 0.1) is 25.2 Å². The zero-order chi connectivity index (χ0) is 9.14. The minimum Gasteiger partial charge on any atom is -0.298 e. The number of aldehydes is 1. The Morgan fingerprint density at radius 2 is 2.00 bits per heavy atom. The zero-order valence-corrected chi connectivity index (χ0v) is 7.09. The van der Waals surface area contributed by atoms with Crippen LogP contribution in [-0.2, 0) is 0 Å². The Bertz CT molecular complexity index is 361. The molecule has 0 bridgehead atoms. The van der Waals surface area contributed by atoms with E-state index in [4.69, 9.17) is 5.26 Å². The molecule has 1 rings (SSSR count). The van der Waals surface area contributed by atoms with Gasteiger partial charge in [0.2, 0.25) is 0 Å². The molecule has 0 aliphatic heterocycles. The van der Waals surface area contributed by atoms with E-state index in [-0.39, 0.29) is 0 Å². The lowest BCUT2D eigenvalue weighted by molar-refractivity contribution is 0.112. The quantitative estimate of drug-likeness (QED) is 0.588. The molecule has 1 aromatic carbocycles. The van der Waals surface area contributed by atoms with Crippen LogP contribution in [0.25, 0.3) is 0 Å². The van der Waals surface area contributed by atoms with Crippen molar-refractivity contribution in [1.29, 1.82) is 5.26 Å². The molecule has 0 saturated heterocycles. The first-order valence-electron chi connectivity index (χ1n) is 3.65. The summed E-state index contributed by atoms with van der Waals surface area (Å²) in [7, 11) is 0. The van der Waals surface area contributed by atoms with Crippen LogP contribution < -0.4 is 0 Å². The summed E-state index contributed by atoms with van der Waals surface area (Å²) in [4.78, 5) is 10.5. The van der Waals surface area contributed by atoms with Crippen LogP contribution in [0.3, 0.4) is 0 Å². The highest BCUT2D eigenvalue weighted by Gasteiger charge is 2.02. The molecule has 0 spiro atoms. The van der Waals surface area contributed by atoms with Crippen molar-refractivity contribution in [2.75, 3.05) is 0 Å². The van der Waals surface area contributed by atoms with Crippen LogP contribution in [0.5, 0.6) is 0 Å². The van der Waals surface area contributed by atoms with Gasteiger partial charge in [-0.2, -0.15) is 5.26 Å². The summed E-state index contributed by atoms with van der Waals surface area (Å²) in [6.45, 7) is 3.72. The molecule has 0 aliphatic rings. The predicted octanol–water partition coefficient (Wildman–Crippen LogP) is 1.99. The predicted molar refractivity (Wildman–Crippen MR) is 46.0 cm³/mol. The maximum absolute atomic E-state index is 10.5. The van der Waals surface area contributed by atoms with Crippen molar-refractivity contribution in [2.24, 2.45) is 0 Å². The molecule has 60 valence electrons. The van der Waals surface area contributed by atoms with Gasteiger partial charge in [-0.15, -0.1) is 0 Å². The summed E-state index contributed by atoms with van der Waals surface area (Å²) in [5.41, 5.74) is 3.00. The average Bonchev–Trinajstić information content (AvgIpc) is 2.05. The average molecular weight is 159 g/mol. The Morgan fingerprint density at radius 1 is 1.33 bits per heavy atom. The lowest BCUT2D eigenvalue weighted by Gasteiger charge is -2.01. The van der Waals surface area contributed by atoms with E-state index >= 15 is 0 Å². The van der Waals surface area contributed by atoms with Gasteiger partial charge in [-0.05, 0) is 31.0 Å². The summed E-state index contributed by atoms with van der Waals surface area (Å²) < 4.78 is 0. The third kappa shape index (κ3) is 1.35. The van der Waals surface area contributed by atoms with Crippen molar-refractivity contribution in [2.45, 2.75) is 13.8 Å². The van der Waals surface area contributed by atoms with E-state index in [9.17, 15) is 4.79 Å². The highest BCUT2D eigenvalue weighted by Crippen LogP contribution is 2.13. The number of rotatable bonds is 1. The summed E-state index contributed by atoms with van der Waals surface area (Å²) >= 11 is 0. The van der Waals surface area contributed by atoms with Crippen molar-refractivity contribution in [3.05, 3.63) is 34.4 Å².